The van der Waals surface area contributed by atoms with Gasteiger partial charge in [0, 0.05) is 44.0 Å². The number of benzene rings is 1. The highest BCUT2D eigenvalue weighted by molar-refractivity contribution is 5.56. The molecule has 1 N–H and O–H groups in total. The van der Waals surface area contributed by atoms with E-state index in [-0.39, 0.29) is 0 Å². The van der Waals surface area contributed by atoms with Crippen LogP contribution in [-0.4, -0.2) is 55.1 Å². The van der Waals surface area contributed by atoms with Crippen molar-refractivity contribution in [1.82, 2.24) is 9.80 Å². The molecule has 18 heavy (non-hydrogen) atoms. The van der Waals surface area contributed by atoms with E-state index in [4.69, 9.17) is 0 Å². The summed E-state index contributed by atoms with van der Waals surface area (Å²) in [5, 5.41) is 3.66. The number of rotatable bonds is 2. The zero-order valence-electron chi connectivity index (χ0n) is 11.4. The first-order valence-electron chi connectivity index (χ1n) is 6.99. The van der Waals surface area contributed by atoms with E-state index in [0.29, 0.717) is 12.1 Å². The first-order chi connectivity index (χ1) is 8.72. The van der Waals surface area contributed by atoms with Crippen molar-refractivity contribution in [3.63, 3.8) is 0 Å². The van der Waals surface area contributed by atoms with E-state index < -0.39 is 0 Å². The first kappa shape index (κ1) is 12.0. The van der Waals surface area contributed by atoms with E-state index in [0.717, 1.165) is 0 Å². The topological polar surface area (TPSA) is 18.5 Å². The zero-order chi connectivity index (χ0) is 12.5. The molecule has 98 valence electrons. The monoisotopic (exact) mass is 245 g/mol. The number of anilines is 1. The molecular weight excluding hydrogens is 222 g/mol. The molecule has 0 radical (unpaired) electrons. The van der Waals surface area contributed by atoms with Gasteiger partial charge in [0.2, 0.25) is 0 Å². The number of hydrogen-bond acceptors (Lipinski definition) is 3. The molecular formula is C15H23N3. The summed E-state index contributed by atoms with van der Waals surface area (Å²) < 4.78 is 0. The fraction of sp³-hybridized carbons (Fsp3) is 0.600. The molecule has 0 aromatic heterocycles. The summed E-state index contributed by atoms with van der Waals surface area (Å²) >= 11 is 0. The third-order valence-corrected chi connectivity index (χ3v) is 4.27. The molecule has 0 spiro atoms. The van der Waals surface area contributed by atoms with Crippen molar-refractivity contribution in [2.45, 2.75) is 25.4 Å². The number of nitrogens with one attached hydrogen (secondary N) is 1. The van der Waals surface area contributed by atoms with E-state index in [1.54, 1.807) is 0 Å². The van der Waals surface area contributed by atoms with Crippen molar-refractivity contribution < 1.29 is 0 Å². The van der Waals surface area contributed by atoms with Crippen molar-refractivity contribution >= 4 is 5.69 Å². The van der Waals surface area contributed by atoms with Crippen molar-refractivity contribution in [3.05, 3.63) is 29.8 Å². The van der Waals surface area contributed by atoms with Crippen molar-refractivity contribution in [3.8, 4) is 0 Å². The normalized spacial score (nSPS) is 29.0. The number of nitrogens with zero attached hydrogens (tertiary/aromatic N) is 2. The van der Waals surface area contributed by atoms with Crippen LogP contribution < -0.4 is 5.32 Å². The summed E-state index contributed by atoms with van der Waals surface area (Å²) in [5.41, 5.74) is 2.81. The Bertz CT molecular complexity index is 393. The van der Waals surface area contributed by atoms with Crippen LogP contribution in [0.4, 0.5) is 5.69 Å². The molecule has 0 saturated carbocycles. The maximum Gasteiger partial charge on any atom is 0.0429 e. The van der Waals surface area contributed by atoms with E-state index in [2.05, 4.69) is 53.4 Å². The fourth-order valence-corrected chi connectivity index (χ4v) is 3.22. The minimum absolute atomic E-state index is 0.591. The third-order valence-electron chi connectivity index (χ3n) is 4.27. The van der Waals surface area contributed by atoms with E-state index in [9.17, 15) is 0 Å². The lowest BCUT2D eigenvalue weighted by Crippen LogP contribution is -2.53. The number of likely N-dealkylation sites (N-methyl/N-ethyl adjacent to an activating group) is 1. The lowest BCUT2D eigenvalue weighted by Gasteiger charge is -2.39. The standard InChI is InChI=1S/C15H23N3/c1-12-10-17(2)7-8-18(12)11-14-9-13-5-3-4-6-15(13)16-14/h3-6,12,14,16H,7-11H2,1-2H3. The average molecular weight is 245 g/mol. The van der Waals surface area contributed by atoms with Gasteiger partial charge in [-0.1, -0.05) is 18.2 Å². The van der Waals surface area contributed by atoms with Crippen LogP contribution in [0.2, 0.25) is 0 Å². The Morgan fingerprint density at radius 3 is 2.89 bits per heavy atom. The molecule has 1 aromatic carbocycles. The lowest BCUT2D eigenvalue weighted by molar-refractivity contribution is 0.0969. The maximum atomic E-state index is 3.66. The molecule has 2 aliphatic rings. The molecule has 3 rings (SSSR count). The number of para-hydroxylation sites is 1. The summed E-state index contributed by atoms with van der Waals surface area (Å²) in [6.07, 6.45) is 1.18. The number of hydrogen-bond donors (Lipinski definition) is 1. The van der Waals surface area contributed by atoms with Crippen LogP contribution in [0.3, 0.4) is 0 Å². The summed E-state index contributed by atoms with van der Waals surface area (Å²) in [7, 11) is 2.22. The van der Waals surface area contributed by atoms with Crippen molar-refractivity contribution in [1.29, 1.82) is 0 Å². The Labute approximate surface area is 110 Å². The van der Waals surface area contributed by atoms with Crippen LogP contribution in [0.1, 0.15) is 12.5 Å². The molecule has 1 fully saturated rings. The summed E-state index contributed by atoms with van der Waals surface area (Å²) in [6.45, 7) is 7.11. The summed E-state index contributed by atoms with van der Waals surface area (Å²) in [5.74, 6) is 0. The van der Waals surface area contributed by atoms with Gasteiger partial charge in [-0.05, 0) is 32.0 Å². The molecule has 0 aliphatic carbocycles. The molecule has 3 nitrogen and oxygen atoms in total. The van der Waals surface area contributed by atoms with Gasteiger partial charge in [0.15, 0.2) is 0 Å². The summed E-state index contributed by atoms with van der Waals surface area (Å²) in [6, 6.07) is 9.97. The molecule has 2 heterocycles. The van der Waals surface area contributed by atoms with Crippen molar-refractivity contribution in [2.75, 3.05) is 38.5 Å². The van der Waals surface area contributed by atoms with Gasteiger partial charge in [-0.2, -0.15) is 0 Å². The van der Waals surface area contributed by atoms with Crippen LogP contribution in [0, 0.1) is 0 Å². The molecule has 2 unspecified atom stereocenters. The Kier molecular flexibility index (Phi) is 3.27. The van der Waals surface area contributed by atoms with Gasteiger partial charge in [-0.3, -0.25) is 4.90 Å². The average Bonchev–Trinajstić information content (AvgIpc) is 2.75. The Hall–Kier alpha value is -1.06. The Morgan fingerprint density at radius 2 is 2.11 bits per heavy atom. The SMILES string of the molecule is CC1CN(C)CCN1CC1Cc2ccccc2N1. The van der Waals surface area contributed by atoms with Gasteiger partial charge in [-0.15, -0.1) is 0 Å². The minimum Gasteiger partial charge on any atom is -0.380 e. The van der Waals surface area contributed by atoms with Crippen LogP contribution in [-0.2, 0) is 6.42 Å². The van der Waals surface area contributed by atoms with Gasteiger partial charge in [0.05, 0.1) is 0 Å². The highest BCUT2D eigenvalue weighted by Gasteiger charge is 2.27. The largest absolute Gasteiger partial charge is 0.380 e. The fourth-order valence-electron chi connectivity index (χ4n) is 3.22. The summed E-state index contributed by atoms with van der Waals surface area (Å²) in [4.78, 5) is 5.06. The second kappa shape index (κ2) is 4.90. The number of piperazine rings is 1. The highest BCUT2D eigenvalue weighted by atomic mass is 15.3. The van der Waals surface area contributed by atoms with Gasteiger partial charge in [0.25, 0.3) is 0 Å². The van der Waals surface area contributed by atoms with Gasteiger partial charge < -0.3 is 10.2 Å². The molecule has 2 atom stereocenters. The minimum atomic E-state index is 0.591. The number of fused-ring (bicyclic) bond motifs is 1. The Balaban J connectivity index is 1.59. The van der Waals surface area contributed by atoms with Crippen molar-refractivity contribution in [2.24, 2.45) is 0 Å². The smallest absolute Gasteiger partial charge is 0.0429 e. The lowest BCUT2D eigenvalue weighted by atomic mass is 10.1. The van der Waals surface area contributed by atoms with Gasteiger partial charge >= 0.3 is 0 Å². The van der Waals surface area contributed by atoms with Gasteiger partial charge in [-0.25, -0.2) is 0 Å². The van der Waals surface area contributed by atoms with E-state index in [1.165, 1.54) is 43.9 Å². The third kappa shape index (κ3) is 2.38. The second-order valence-corrected chi connectivity index (χ2v) is 5.81. The van der Waals surface area contributed by atoms with Crippen LogP contribution in [0.5, 0.6) is 0 Å². The Morgan fingerprint density at radius 1 is 1.28 bits per heavy atom. The van der Waals surface area contributed by atoms with E-state index in [1.807, 2.05) is 0 Å². The molecule has 1 aromatic rings. The highest BCUT2D eigenvalue weighted by Crippen LogP contribution is 2.26. The quantitative estimate of drug-likeness (QED) is 0.855. The predicted octanol–water partition coefficient (Wildman–Crippen LogP) is 1.66. The molecule has 0 amide bonds. The van der Waals surface area contributed by atoms with Crippen LogP contribution in [0.15, 0.2) is 24.3 Å². The first-order valence-corrected chi connectivity index (χ1v) is 6.99. The maximum absolute atomic E-state index is 3.66. The van der Waals surface area contributed by atoms with Crippen LogP contribution >= 0.6 is 0 Å². The zero-order valence-corrected chi connectivity index (χ0v) is 11.4. The van der Waals surface area contributed by atoms with Crippen LogP contribution in [0.25, 0.3) is 0 Å². The molecule has 0 bridgehead atoms. The molecule has 1 saturated heterocycles. The predicted molar refractivity (Wildman–Crippen MR) is 76.1 cm³/mol. The van der Waals surface area contributed by atoms with Gasteiger partial charge in [0.1, 0.15) is 0 Å². The molecule has 3 heteroatoms. The second-order valence-electron chi connectivity index (χ2n) is 5.81. The molecule has 2 aliphatic heterocycles. The van der Waals surface area contributed by atoms with E-state index >= 15 is 0 Å².